The Bertz CT molecular complexity index is 621. The molecule has 0 saturated heterocycles. The number of rotatable bonds is 0. The van der Waals surface area contributed by atoms with Gasteiger partial charge in [0.05, 0.1) is 12.1 Å². The summed E-state index contributed by atoms with van der Waals surface area (Å²) in [4.78, 5) is 5.67. The van der Waals surface area contributed by atoms with E-state index in [4.69, 9.17) is 11.6 Å². The van der Waals surface area contributed by atoms with Crippen LogP contribution in [0.1, 0.15) is 22.0 Å². The smallest absolute Gasteiger partial charge is 0.131 e. The number of hydrogen-bond donors (Lipinski definition) is 1. The van der Waals surface area contributed by atoms with E-state index in [9.17, 15) is 0 Å². The molecule has 0 saturated carbocycles. The van der Waals surface area contributed by atoms with Gasteiger partial charge in [-0.15, -0.1) is 11.3 Å². The fourth-order valence-corrected chi connectivity index (χ4v) is 3.10. The van der Waals surface area contributed by atoms with Crippen LogP contribution >= 0.6 is 22.9 Å². The lowest BCUT2D eigenvalue weighted by atomic mass is 10.3. The molecule has 5 heteroatoms. The Balaban J connectivity index is 1.89. The molecule has 3 heterocycles. The standard InChI is InChI=1S/C13H12ClN3S/c1-9-6-10(13(14)18-9)2-3-11-8-17-5-4-15-7-12(17)16-11/h6,8,15H,4-5,7H2,1H3. The summed E-state index contributed by atoms with van der Waals surface area (Å²) in [6.45, 7) is 4.80. The lowest BCUT2D eigenvalue weighted by molar-refractivity contribution is 0.505. The van der Waals surface area contributed by atoms with E-state index in [1.807, 2.05) is 19.2 Å². The Morgan fingerprint density at radius 2 is 2.39 bits per heavy atom. The summed E-state index contributed by atoms with van der Waals surface area (Å²) in [6.07, 6.45) is 2.01. The molecule has 18 heavy (non-hydrogen) atoms. The number of nitrogens with zero attached hydrogens (tertiary/aromatic N) is 2. The van der Waals surface area contributed by atoms with Crippen molar-refractivity contribution in [2.45, 2.75) is 20.0 Å². The molecule has 0 radical (unpaired) electrons. The van der Waals surface area contributed by atoms with Crippen molar-refractivity contribution in [2.75, 3.05) is 6.54 Å². The van der Waals surface area contributed by atoms with Crippen molar-refractivity contribution in [3.05, 3.63) is 38.6 Å². The SMILES string of the molecule is Cc1cc(C#Cc2cn3c(n2)CNCC3)c(Cl)s1. The van der Waals surface area contributed by atoms with E-state index in [0.29, 0.717) is 0 Å². The molecule has 0 fully saturated rings. The number of fused-ring (bicyclic) bond motifs is 1. The van der Waals surface area contributed by atoms with E-state index in [-0.39, 0.29) is 0 Å². The maximum atomic E-state index is 6.09. The van der Waals surface area contributed by atoms with E-state index in [1.165, 1.54) is 4.88 Å². The van der Waals surface area contributed by atoms with Crippen LogP contribution in [0, 0.1) is 18.8 Å². The number of imidazole rings is 1. The van der Waals surface area contributed by atoms with E-state index in [1.54, 1.807) is 11.3 Å². The summed E-state index contributed by atoms with van der Waals surface area (Å²) in [5, 5.41) is 3.29. The molecule has 0 spiro atoms. The second kappa shape index (κ2) is 4.77. The number of nitrogens with one attached hydrogen (secondary N) is 1. The number of thiophene rings is 1. The van der Waals surface area contributed by atoms with E-state index in [2.05, 4.69) is 26.7 Å². The Morgan fingerprint density at radius 1 is 1.50 bits per heavy atom. The van der Waals surface area contributed by atoms with Crippen LogP contribution in [0.25, 0.3) is 0 Å². The monoisotopic (exact) mass is 277 g/mol. The average Bonchev–Trinajstić information content (AvgIpc) is 2.89. The van der Waals surface area contributed by atoms with Gasteiger partial charge in [0.1, 0.15) is 15.9 Å². The highest BCUT2D eigenvalue weighted by Gasteiger charge is 2.10. The van der Waals surface area contributed by atoms with Gasteiger partial charge in [0.15, 0.2) is 0 Å². The third kappa shape index (κ3) is 2.30. The summed E-state index contributed by atoms with van der Waals surface area (Å²) < 4.78 is 2.91. The van der Waals surface area contributed by atoms with Crippen LogP contribution in [0.3, 0.4) is 0 Å². The first kappa shape index (κ1) is 11.8. The summed E-state index contributed by atoms with van der Waals surface area (Å²) in [6, 6.07) is 2.01. The minimum atomic E-state index is 0.755. The van der Waals surface area contributed by atoms with E-state index in [0.717, 1.165) is 41.1 Å². The van der Waals surface area contributed by atoms with Gasteiger partial charge in [-0.25, -0.2) is 4.98 Å². The molecule has 0 bridgehead atoms. The molecule has 3 rings (SSSR count). The van der Waals surface area contributed by atoms with Crippen LogP contribution in [-0.4, -0.2) is 16.1 Å². The van der Waals surface area contributed by atoms with Gasteiger partial charge in [0.2, 0.25) is 0 Å². The highest BCUT2D eigenvalue weighted by molar-refractivity contribution is 7.16. The van der Waals surface area contributed by atoms with Crippen molar-refractivity contribution in [1.82, 2.24) is 14.9 Å². The normalized spacial score (nSPS) is 13.9. The van der Waals surface area contributed by atoms with Crippen LogP contribution in [0.4, 0.5) is 0 Å². The van der Waals surface area contributed by atoms with Crippen molar-refractivity contribution in [1.29, 1.82) is 0 Å². The van der Waals surface area contributed by atoms with Gasteiger partial charge in [0.25, 0.3) is 0 Å². The van der Waals surface area contributed by atoms with Crippen LogP contribution in [0.5, 0.6) is 0 Å². The lowest BCUT2D eigenvalue weighted by Gasteiger charge is -2.13. The lowest BCUT2D eigenvalue weighted by Crippen LogP contribution is -2.27. The van der Waals surface area contributed by atoms with E-state index >= 15 is 0 Å². The van der Waals surface area contributed by atoms with E-state index < -0.39 is 0 Å². The Kier molecular flexibility index (Phi) is 3.13. The zero-order chi connectivity index (χ0) is 12.5. The van der Waals surface area contributed by atoms with Crippen molar-refractivity contribution < 1.29 is 0 Å². The largest absolute Gasteiger partial charge is 0.331 e. The molecular formula is C13H12ClN3S. The predicted octanol–water partition coefficient (Wildman–Crippen LogP) is 2.41. The highest BCUT2D eigenvalue weighted by Crippen LogP contribution is 2.26. The first-order valence-corrected chi connectivity index (χ1v) is 6.96. The molecule has 2 aromatic rings. The molecule has 92 valence electrons. The molecule has 3 nitrogen and oxygen atoms in total. The zero-order valence-electron chi connectivity index (χ0n) is 9.96. The minimum Gasteiger partial charge on any atom is -0.331 e. The predicted molar refractivity (Wildman–Crippen MR) is 74.0 cm³/mol. The van der Waals surface area contributed by atoms with Crippen LogP contribution in [0.15, 0.2) is 12.3 Å². The van der Waals surface area contributed by atoms with Gasteiger partial charge in [-0.05, 0) is 18.9 Å². The highest BCUT2D eigenvalue weighted by atomic mass is 35.5. The minimum absolute atomic E-state index is 0.755. The first-order chi connectivity index (χ1) is 8.72. The molecule has 0 atom stereocenters. The molecule has 0 unspecified atom stereocenters. The molecule has 0 aliphatic carbocycles. The Labute approximate surface area is 115 Å². The molecule has 0 aromatic carbocycles. The van der Waals surface area contributed by atoms with Crippen LogP contribution < -0.4 is 5.32 Å². The maximum Gasteiger partial charge on any atom is 0.131 e. The summed E-state index contributed by atoms with van der Waals surface area (Å²) >= 11 is 7.65. The number of halogens is 1. The number of aromatic nitrogens is 2. The zero-order valence-corrected chi connectivity index (χ0v) is 11.5. The van der Waals surface area contributed by atoms with Crippen LogP contribution in [-0.2, 0) is 13.1 Å². The maximum absolute atomic E-state index is 6.09. The van der Waals surface area contributed by atoms with Gasteiger partial charge in [0, 0.05) is 24.2 Å². The second-order valence-corrected chi connectivity index (χ2v) is 6.07. The number of hydrogen-bond acceptors (Lipinski definition) is 3. The summed E-state index contributed by atoms with van der Waals surface area (Å²) in [5.41, 5.74) is 1.71. The Hall–Kier alpha value is -1.28. The molecule has 0 amide bonds. The van der Waals surface area contributed by atoms with Gasteiger partial charge >= 0.3 is 0 Å². The average molecular weight is 278 g/mol. The molecule has 1 aliphatic rings. The quantitative estimate of drug-likeness (QED) is 0.750. The van der Waals surface area contributed by atoms with Gasteiger partial charge in [-0.2, -0.15) is 0 Å². The molecule has 1 aliphatic heterocycles. The van der Waals surface area contributed by atoms with Gasteiger partial charge in [-0.1, -0.05) is 17.5 Å². The Morgan fingerprint density at radius 3 is 3.11 bits per heavy atom. The summed E-state index contributed by atoms with van der Waals surface area (Å²) in [5.74, 6) is 7.23. The molecular weight excluding hydrogens is 266 g/mol. The summed E-state index contributed by atoms with van der Waals surface area (Å²) in [7, 11) is 0. The third-order valence-corrected chi connectivity index (χ3v) is 4.08. The topological polar surface area (TPSA) is 29.9 Å². The first-order valence-electron chi connectivity index (χ1n) is 5.77. The van der Waals surface area contributed by atoms with Crippen LogP contribution in [0.2, 0.25) is 4.34 Å². The second-order valence-electron chi connectivity index (χ2n) is 4.21. The fourth-order valence-electron chi connectivity index (χ4n) is 1.95. The number of aryl methyl sites for hydroxylation is 1. The van der Waals surface area contributed by atoms with Gasteiger partial charge < -0.3 is 9.88 Å². The third-order valence-electron chi connectivity index (χ3n) is 2.81. The fraction of sp³-hybridized carbons (Fsp3) is 0.308. The van der Waals surface area contributed by atoms with Crippen molar-refractivity contribution >= 4 is 22.9 Å². The van der Waals surface area contributed by atoms with Crippen molar-refractivity contribution in [3.63, 3.8) is 0 Å². The van der Waals surface area contributed by atoms with Crippen molar-refractivity contribution in [3.8, 4) is 11.8 Å². The molecule has 2 aromatic heterocycles. The van der Waals surface area contributed by atoms with Crippen molar-refractivity contribution in [2.24, 2.45) is 0 Å². The van der Waals surface area contributed by atoms with Gasteiger partial charge in [-0.3, -0.25) is 0 Å². The molecule has 1 N–H and O–H groups in total.